The second kappa shape index (κ2) is 11.4. The highest BCUT2D eigenvalue weighted by Gasteiger charge is 2.50. The number of benzene rings is 1. The van der Waals surface area contributed by atoms with Crippen molar-refractivity contribution in [1.29, 1.82) is 0 Å². The van der Waals surface area contributed by atoms with E-state index in [1.807, 2.05) is 44.2 Å². The van der Waals surface area contributed by atoms with E-state index in [4.69, 9.17) is 10.5 Å². The molecule has 0 spiro atoms. The zero-order valence-electron chi connectivity index (χ0n) is 18.5. The maximum Gasteiger partial charge on any atom is 0.345 e. The first-order chi connectivity index (χ1) is 15.0. The maximum atomic E-state index is 13.0. The third kappa shape index (κ3) is 7.92. The van der Waals surface area contributed by atoms with Crippen LogP contribution in [0.15, 0.2) is 30.3 Å². The standard InChI is InChI=1S/C22H31F2N3O5/c1-13(2)9-17(27-19(29)15(25)11-31-21(23)24)20(30)26-16(18(28)22(3)12-32-22)10-14-7-5-4-6-8-14/h4-8,13,15-17,21H,9-12,25H2,1-3H3,(H,26,30)(H,27,29)/t15-,16-,17-,22+/m0/s1. The van der Waals surface area contributed by atoms with E-state index in [0.717, 1.165) is 5.56 Å². The lowest BCUT2D eigenvalue weighted by molar-refractivity contribution is -0.143. The summed E-state index contributed by atoms with van der Waals surface area (Å²) in [7, 11) is 0. The zero-order valence-corrected chi connectivity index (χ0v) is 18.5. The molecule has 0 radical (unpaired) electrons. The van der Waals surface area contributed by atoms with Gasteiger partial charge in [0.05, 0.1) is 19.3 Å². The zero-order chi connectivity index (χ0) is 23.9. The summed E-state index contributed by atoms with van der Waals surface area (Å²) in [5, 5.41) is 5.23. The summed E-state index contributed by atoms with van der Waals surface area (Å²) in [5.41, 5.74) is 5.50. The number of ketones is 1. The van der Waals surface area contributed by atoms with Gasteiger partial charge in [0.15, 0.2) is 5.78 Å². The monoisotopic (exact) mass is 455 g/mol. The number of epoxide rings is 1. The molecule has 0 bridgehead atoms. The lowest BCUT2D eigenvalue weighted by Gasteiger charge is -2.26. The first-order valence-corrected chi connectivity index (χ1v) is 10.5. The molecule has 1 fully saturated rings. The van der Waals surface area contributed by atoms with Crippen molar-refractivity contribution in [2.75, 3.05) is 13.2 Å². The van der Waals surface area contributed by atoms with Gasteiger partial charge in [-0.3, -0.25) is 14.4 Å². The molecule has 10 heteroatoms. The molecule has 2 rings (SSSR count). The van der Waals surface area contributed by atoms with Crippen molar-refractivity contribution < 1.29 is 32.6 Å². The SMILES string of the molecule is CC(C)C[C@H](NC(=O)[C@@H](N)COC(F)F)C(=O)N[C@@H](Cc1ccccc1)C(=O)[C@@]1(C)CO1. The van der Waals surface area contributed by atoms with E-state index in [2.05, 4.69) is 15.4 Å². The molecule has 1 aliphatic heterocycles. The topological polar surface area (TPSA) is 123 Å². The fraction of sp³-hybridized carbons (Fsp3) is 0.591. The van der Waals surface area contributed by atoms with E-state index in [1.54, 1.807) is 6.92 Å². The summed E-state index contributed by atoms with van der Waals surface area (Å²) < 4.78 is 33.7. The number of amides is 2. The summed E-state index contributed by atoms with van der Waals surface area (Å²) in [6, 6.07) is 5.97. The number of carbonyl (C=O) groups is 3. The van der Waals surface area contributed by atoms with Gasteiger partial charge in [-0.2, -0.15) is 8.78 Å². The van der Waals surface area contributed by atoms with Gasteiger partial charge in [0.1, 0.15) is 17.7 Å². The molecule has 4 N–H and O–H groups in total. The minimum absolute atomic E-state index is 0.0205. The third-order valence-corrected chi connectivity index (χ3v) is 5.09. The molecule has 0 saturated carbocycles. The van der Waals surface area contributed by atoms with Gasteiger partial charge >= 0.3 is 6.61 Å². The highest BCUT2D eigenvalue weighted by Crippen LogP contribution is 2.29. The number of alkyl halides is 2. The summed E-state index contributed by atoms with van der Waals surface area (Å²) in [4.78, 5) is 38.3. The Morgan fingerprint density at radius 3 is 2.25 bits per heavy atom. The average Bonchev–Trinajstić information content (AvgIpc) is 3.49. The Bertz CT molecular complexity index is 787. The van der Waals surface area contributed by atoms with Crippen LogP contribution in [-0.2, 0) is 30.3 Å². The van der Waals surface area contributed by atoms with E-state index >= 15 is 0 Å². The van der Waals surface area contributed by atoms with Crippen LogP contribution in [0, 0.1) is 5.92 Å². The minimum Gasteiger partial charge on any atom is -0.361 e. The van der Waals surface area contributed by atoms with Gasteiger partial charge in [-0.15, -0.1) is 0 Å². The predicted molar refractivity (Wildman–Crippen MR) is 113 cm³/mol. The number of hydrogen-bond acceptors (Lipinski definition) is 6. The average molecular weight is 456 g/mol. The molecule has 1 aromatic rings. The van der Waals surface area contributed by atoms with Crippen molar-refractivity contribution in [3.63, 3.8) is 0 Å². The molecular weight excluding hydrogens is 424 g/mol. The Morgan fingerprint density at radius 1 is 1.12 bits per heavy atom. The molecule has 178 valence electrons. The third-order valence-electron chi connectivity index (χ3n) is 5.09. The van der Waals surface area contributed by atoms with Crippen molar-refractivity contribution >= 4 is 17.6 Å². The van der Waals surface area contributed by atoms with Crippen LogP contribution >= 0.6 is 0 Å². The quantitative estimate of drug-likeness (QED) is 0.384. The van der Waals surface area contributed by atoms with Gasteiger partial charge in [-0.05, 0) is 31.2 Å². The smallest absolute Gasteiger partial charge is 0.345 e. The Hall–Kier alpha value is -2.43. The number of carbonyl (C=O) groups excluding carboxylic acids is 3. The van der Waals surface area contributed by atoms with Gasteiger partial charge in [-0.25, -0.2) is 0 Å². The number of ether oxygens (including phenoxy) is 2. The molecule has 1 saturated heterocycles. The van der Waals surface area contributed by atoms with Crippen molar-refractivity contribution in [2.24, 2.45) is 11.7 Å². The highest BCUT2D eigenvalue weighted by atomic mass is 19.3. The first kappa shape index (κ1) is 25.8. The van der Waals surface area contributed by atoms with Gasteiger partial charge in [0, 0.05) is 0 Å². The molecule has 1 heterocycles. The molecule has 4 atom stereocenters. The van der Waals surface area contributed by atoms with E-state index in [-0.39, 0.29) is 31.1 Å². The van der Waals surface area contributed by atoms with Gasteiger partial charge < -0.3 is 25.8 Å². The molecule has 8 nitrogen and oxygen atoms in total. The summed E-state index contributed by atoms with van der Waals surface area (Å²) in [5.74, 6) is -1.60. The number of halogens is 2. The fourth-order valence-corrected chi connectivity index (χ4v) is 3.18. The Labute approximate surface area is 186 Å². The summed E-state index contributed by atoms with van der Waals surface area (Å²) in [6.45, 7) is 1.91. The minimum atomic E-state index is -3.06. The van der Waals surface area contributed by atoms with Crippen molar-refractivity contribution in [1.82, 2.24) is 10.6 Å². The van der Waals surface area contributed by atoms with Crippen molar-refractivity contribution in [3.05, 3.63) is 35.9 Å². The molecule has 1 aliphatic rings. The van der Waals surface area contributed by atoms with E-state index in [1.165, 1.54) is 0 Å². The second-order valence-corrected chi connectivity index (χ2v) is 8.53. The summed E-state index contributed by atoms with van der Waals surface area (Å²) in [6.07, 6.45) is 0.522. The van der Waals surface area contributed by atoms with Crippen LogP contribution in [0.1, 0.15) is 32.8 Å². The molecule has 0 aromatic heterocycles. The van der Waals surface area contributed by atoms with E-state index in [0.29, 0.717) is 0 Å². The van der Waals surface area contributed by atoms with Crippen LogP contribution in [0.3, 0.4) is 0 Å². The first-order valence-electron chi connectivity index (χ1n) is 10.5. The second-order valence-electron chi connectivity index (χ2n) is 8.53. The highest BCUT2D eigenvalue weighted by molar-refractivity contribution is 5.98. The molecule has 32 heavy (non-hydrogen) atoms. The van der Waals surface area contributed by atoms with Crippen LogP contribution < -0.4 is 16.4 Å². The van der Waals surface area contributed by atoms with Gasteiger partial charge in [0.25, 0.3) is 0 Å². The molecule has 0 unspecified atom stereocenters. The maximum absolute atomic E-state index is 13.0. The van der Waals surface area contributed by atoms with Crippen LogP contribution in [-0.4, -0.2) is 61.1 Å². The van der Waals surface area contributed by atoms with Gasteiger partial charge in [-0.1, -0.05) is 44.2 Å². The molecule has 1 aromatic carbocycles. The number of nitrogens with two attached hydrogens (primary N) is 1. The lowest BCUT2D eigenvalue weighted by Crippen LogP contribution is -2.57. The van der Waals surface area contributed by atoms with Crippen LogP contribution in [0.4, 0.5) is 8.78 Å². The predicted octanol–water partition coefficient (Wildman–Crippen LogP) is 1.17. The molecule has 2 amide bonds. The molecule has 0 aliphatic carbocycles. The number of rotatable bonds is 13. The Kier molecular flexibility index (Phi) is 9.23. The Balaban J connectivity index is 2.11. The van der Waals surface area contributed by atoms with Crippen molar-refractivity contribution in [2.45, 2.75) is 64.0 Å². The summed E-state index contributed by atoms with van der Waals surface area (Å²) >= 11 is 0. The lowest BCUT2D eigenvalue weighted by atomic mass is 9.94. The van der Waals surface area contributed by atoms with E-state index in [9.17, 15) is 23.2 Å². The van der Waals surface area contributed by atoms with E-state index < -0.39 is 48.8 Å². The Morgan fingerprint density at radius 2 is 1.72 bits per heavy atom. The molecular formula is C22H31F2N3O5. The largest absolute Gasteiger partial charge is 0.361 e. The van der Waals surface area contributed by atoms with Crippen LogP contribution in [0.25, 0.3) is 0 Å². The van der Waals surface area contributed by atoms with Crippen LogP contribution in [0.5, 0.6) is 0 Å². The number of nitrogens with one attached hydrogen (secondary N) is 2. The van der Waals surface area contributed by atoms with Gasteiger partial charge in [0.2, 0.25) is 11.8 Å². The fourth-order valence-electron chi connectivity index (χ4n) is 3.18. The normalized spacial score (nSPS) is 20.5. The van der Waals surface area contributed by atoms with Crippen molar-refractivity contribution in [3.8, 4) is 0 Å². The number of hydrogen-bond donors (Lipinski definition) is 3. The number of Topliss-reactive ketones (excluding diaryl/α,β-unsaturated/α-hetero) is 1. The van der Waals surface area contributed by atoms with Crippen LogP contribution in [0.2, 0.25) is 0 Å².